The lowest BCUT2D eigenvalue weighted by Gasteiger charge is -2.09. The van der Waals surface area contributed by atoms with Crippen LogP contribution in [-0.2, 0) is 19.2 Å². The van der Waals surface area contributed by atoms with Gasteiger partial charge in [0.2, 0.25) is 0 Å². The molecule has 21 heavy (non-hydrogen) atoms. The molecule has 2 aromatic carbocycles. The first kappa shape index (κ1) is 15.4. The van der Waals surface area contributed by atoms with Gasteiger partial charge in [0.1, 0.15) is 12.4 Å². The third-order valence-electron chi connectivity index (χ3n) is 3.04. The zero-order valence-corrected chi connectivity index (χ0v) is 11.4. The second-order valence-corrected chi connectivity index (χ2v) is 4.67. The molecule has 2 N–H and O–H groups in total. The molecule has 0 aromatic heterocycles. The van der Waals surface area contributed by atoms with Crippen LogP contribution in [0.25, 0.3) is 0 Å². The highest BCUT2D eigenvalue weighted by Crippen LogP contribution is 2.30. The van der Waals surface area contributed by atoms with Crippen LogP contribution in [0.5, 0.6) is 5.75 Å². The Kier molecular flexibility index (Phi) is 4.85. The molecule has 0 atom stereocenters. The second kappa shape index (κ2) is 6.63. The van der Waals surface area contributed by atoms with Gasteiger partial charge in [0, 0.05) is 0 Å². The minimum Gasteiger partial charge on any atom is -0.489 e. The predicted octanol–water partition coefficient (Wildman–Crippen LogP) is 3.79. The molecule has 0 aliphatic carbocycles. The first-order valence-corrected chi connectivity index (χ1v) is 6.57. The maximum atomic E-state index is 12.4. The summed E-state index contributed by atoms with van der Waals surface area (Å²) in [5, 5.41) is 0. The Morgan fingerprint density at radius 2 is 1.43 bits per heavy atom. The van der Waals surface area contributed by atoms with Crippen molar-refractivity contribution >= 4 is 0 Å². The summed E-state index contributed by atoms with van der Waals surface area (Å²) in [5.41, 5.74) is 6.89. The number of nitrogens with two attached hydrogens (primary N) is 1. The molecule has 2 nitrogen and oxygen atoms in total. The van der Waals surface area contributed by atoms with Crippen molar-refractivity contribution in [1.29, 1.82) is 0 Å². The Hall–Kier alpha value is -2.01. The van der Waals surface area contributed by atoms with Crippen LogP contribution in [0, 0.1) is 0 Å². The van der Waals surface area contributed by atoms with E-state index in [0.29, 0.717) is 18.9 Å². The number of alkyl halides is 3. The lowest BCUT2D eigenvalue weighted by molar-refractivity contribution is -0.137. The summed E-state index contributed by atoms with van der Waals surface area (Å²) >= 11 is 0. The molecule has 0 amide bonds. The van der Waals surface area contributed by atoms with Gasteiger partial charge in [0.05, 0.1) is 5.56 Å². The van der Waals surface area contributed by atoms with Crippen LogP contribution >= 0.6 is 0 Å². The van der Waals surface area contributed by atoms with E-state index < -0.39 is 11.7 Å². The molecule has 0 aliphatic heterocycles. The Morgan fingerprint density at radius 1 is 0.857 bits per heavy atom. The molecule has 2 rings (SSSR count). The minimum atomic E-state index is -4.32. The number of benzene rings is 2. The lowest BCUT2D eigenvalue weighted by Crippen LogP contribution is -2.04. The molecule has 0 saturated heterocycles. The van der Waals surface area contributed by atoms with Crippen LogP contribution in [0.3, 0.4) is 0 Å². The normalized spacial score (nSPS) is 11.4. The molecule has 2 aromatic rings. The van der Waals surface area contributed by atoms with Gasteiger partial charge < -0.3 is 10.5 Å². The Morgan fingerprint density at radius 3 is 1.95 bits per heavy atom. The number of hydrogen-bond acceptors (Lipinski definition) is 2. The van der Waals surface area contributed by atoms with Crippen LogP contribution in [-0.4, -0.2) is 6.54 Å². The van der Waals surface area contributed by atoms with Crippen molar-refractivity contribution in [3.8, 4) is 5.75 Å². The third-order valence-corrected chi connectivity index (χ3v) is 3.04. The molecular weight excluding hydrogens is 279 g/mol. The molecule has 0 radical (unpaired) electrons. The fourth-order valence-corrected chi connectivity index (χ4v) is 1.88. The van der Waals surface area contributed by atoms with Gasteiger partial charge in [-0.15, -0.1) is 0 Å². The largest absolute Gasteiger partial charge is 0.489 e. The highest BCUT2D eigenvalue weighted by molar-refractivity contribution is 5.29. The number of halogens is 3. The summed E-state index contributed by atoms with van der Waals surface area (Å²) in [7, 11) is 0. The number of ether oxygens (including phenoxy) is 1. The monoisotopic (exact) mass is 295 g/mol. The van der Waals surface area contributed by atoms with Crippen molar-refractivity contribution in [2.24, 2.45) is 5.73 Å². The minimum absolute atomic E-state index is 0.314. The van der Waals surface area contributed by atoms with Crippen molar-refractivity contribution in [2.75, 3.05) is 6.54 Å². The fourth-order valence-electron chi connectivity index (χ4n) is 1.88. The van der Waals surface area contributed by atoms with Gasteiger partial charge in [-0.2, -0.15) is 13.2 Å². The maximum absolute atomic E-state index is 12.4. The van der Waals surface area contributed by atoms with Gasteiger partial charge in [-0.25, -0.2) is 0 Å². The first-order valence-electron chi connectivity index (χ1n) is 6.57. The Bertz CT molecular complexity index is 562. The van der Waals surface area contributed by atoms with E-state index in [1.54, 1.807) is 0 Å². The molecule has 0 spiro atoms. The zero-order valence-electron chi connectivity index (χ0n) is 11.4. The van der Waals surface area contributed by atoms with Gasteiger partial charge >= 0.3 is 6.18 Å². The number of rotatable bonds is 5. The van der Waals surface area contributed by atoms with Gasteiger partial charge in [-0.05, 0) is 48.4 Å². The average Bonchev–Trinajstić information content (AvgIpc) is 2.46. The predicted molar refractivity (Wildman–Crippen MR) is 75.0 cm³/mol. The Balaban J connectivity index is 1.93. The van der Waals surface area contributed by atoms with E-state index in [4.69, 9.17) is 10.5 Å². The highest BCUT2D eigenvalue weighted by atomic mass is 19.4. The average molecular weight is 295 g/mol. The van der Waals surface area contributed by atoms with Gasteiger partial charge in [-0.3, -0.25) is 0 Å². The lowest BCUT2D eigenvalue weighted by atomic mass is 10.1. The summed E-state index contributed by atoms with van der Waals surface area (Å²) in [6.45, 7) is 0.912. The summed E-state index contributed by atoms with van der Waals surface area (Å²) in [6, 6.07) is 12.5. The van der Waals surface area contributed by atoms with E-state index in [-0.39, 0.29) is 0 Å². The highest BCUT2D eigenvalue weighted by Gasteiger charge is 2.29. The van der Waals surface area contributed by atoms with Crippen molar-refractivity contribution in [3.05, 3.63) is 65.2 Å². The number of hydrogen-bond donors (Lipinski definition) is 1. The molecule has 0 unspecified atom stereocenters. The van der Waals surface area contributed by atoms with Crippen LogP contribution < -0.4 is 10.5 Å². The zero-order chi connectivity index (χ0) is 15.3. The molecule has 0 bridgehead atoms. The summed E-state index contributed by atoms with van der Waals surface area (Å²) < 4.78 is 42.7. The third kappa shape index (κ3) is 4.49. The molecule has 5 heteroatoms. The van der Waals surface area contributed by atoms with Crippen LogP contribution in [0.1, 0.15) is 16.7 Å². The smallest absolute Gasteiger partial charge is 0.416 e. The van der Waals surface area contributed by atoms with Crippen LogP contribution in [0.2, 0.25) is 0 Å². The van der Waals surface area contributed by atoms with Crippen molar-refractivity contribution < 1.29 is 17.9 Å². The first-order chi connectivity index (χ1) is 9.99. The van der Waals surface area contributed by atoms with E-state index in [1.807, 2.05) is 24.3 Å². The van der Waals surface area contributed by atoms with E-state index in [2.05, 4.69) is 0 Å². The molecule has 112 valence electrons. The molecule has 0 fully saturated rings. The van der Waals surface area contributed by atoms with Gasteiger partial charge in [-0.1, -0.05) is 24.3 Å². The fraction of sp³-hybridized carbons (Fsp3) is 0.250. The van der Waals surface area contributed by atoms with Gasteiger partial charge in [0.25, 0.3) is 0 Å². The molecule has 0 saturated carbocycles. The van der Waals surface area contributed by atoms with Gasteiger partial charge in [0.15, 0.2) is 0 Å². The van der Waals surface area contributed by atoms with E-state index in [1.165, 1.54) is 12.1 Å². The SMILES string of the molecule is NCCc1ccc(COc2ccc(C(F)(F)F)cc2)cc1. The molecule has 0 aliphatic rings. The standard InChI is InChI=1S/C16H16F3NO/c17-16(18,19)14-5-7-15(8-6-14)21-11-13-3-1-12(2-4-13)9-10-20/h1-8H,9-11,20H2. The topological polar surface area (TPSA) is 35.2 Å². The van der Waals surface area contributed by atoms with Crippen LogP contribution in [0.4, 0.5) is 13.2 Å². The van der Waals surface area contributed by atoms with E-state index >= 15 is 0 Å². The van der Waals surface area contributed by atoms with Crippen molar-refractivity contribution in [3.63, 3.8) is 0 Å². The van der Waals surface area contributed by atoms with E-state index in [9.17, 15) is 13.2 Å². The summed E-state index contributed by atoms with van der Waals surface area (Å²) in [5.74, 6) is 0.411. The second-order valence-electron chi connectivity index (χ2n) is 4.67. The Labute approximate surface area is 121 Å². The summed E-state index contributed by atoms with van der Waals surface area (Å²) in [6.07, 6.45) is -3.50. The molecule has 0 heterocycles. The summed E-state index contributed by atoms with van der Waals surface area (Å²) in [4.78, 5) is 0. The maximum Gasteiger partial charge on any atom is 0.416 e. The molecular formula is C16H16F3NO. The quantitative estimate of drug-likeness (QED) is 0.911. The van der Waals surface area contributed by atoms with Crippen LogP contribution in [0.15, 0.2) is 48.5 Å². The van der Waals surface area contributed by atoms with Crippen molar-refractivity contribution in [2.45, 2.75) is 19.2 Å². The van der Waals surface area contributed by atoms with E-state index in [0.717, 1.165) is 29.7 Å². The van der Waals surface area contributed by atoms with Crippen molar-refractivity contribution in [1.82, 2.24) is 0 Å².